The minimum atomic E-state index is -0.477. The first-order chi connectivity index (χ1) is 8.49. The maximum atomic E-state index is 14.0. The van der Waals surface area contributed by atoms with E-state index in [0.29, 0.717) is 21.4 Å². The lowest BCUT2D eigenvalue weighted by Gasteiger charge is -2.06. The van der Waals surface area contributed by atoms with E-state index < -0.39 is 5.82 Å². The van der Waals surface area contributed by atoms with Gasteiger partial charge < -0.3 is 5.73 Å². The Morgan fingerprint density at radius 1 is 1.56 bits per heavy atom. The summed E-state index contributed by atoms with van der Waals surface area (Å²) in [6.45, 7) is 1.77. The zero-order chi connectivity index (χ0) is 13.3. The molecule has 0 radical (unpaired) electrons. The van der Waals surface area contributed by atoms with Crippen LogP contribution in [0.15, 0.2) is 26.7 Å². The summed E-state index contributed by atoms with van der Waals surface area (Å²) in [4.78, 5) is 4.45. The average Bonchev–Trinajstić information content (AvgIpc) is 2.70. The van der Waals surface area contributed by atoms with E-state index in [1.165, 1.54) is 0 Å². The highest BCUT2D eigenvalue weighted by molar-refractivity contribution is 9.10. The van der Waals surface area contributed by atoms with Crippen LogP contribution in [0.25, 0.3) is 0 Å². The number of amidine groups is 1. The van der Waals surface area contributed by atoms with Crippen LogP contribution >= 0.6 is 27.7 Å². The maximum Gasteiger partial charge on any atom is 0.213 e. The maximum absolute atomic E-state index is 14.0. The molecule has 0 aliphatic rings. The van der Waals surface area contributed by atoms with E-state index >= 15 is 0 Å². The van der Waals surface area contributed by atoms with Crippen molar-refractivity contribution < 1.29 is 4.39 Å². The molecule has 0 saturated heterocycles. The first kappa shape index (κ1) is 13.0. The Bertz CT molecular complexity index is 612. The molecule has 0 amide bonds. The van der Waals surface area contributed by atoms with Crippen LogP contribution < -0.4 is 5.73 Å². The standard InChI is InChI=1S/C10H9BrFN5S/c1-4-15-10(17-16-4)18-6-3-2-5(9(13)14)7(11)8(6)12/h2-3H,1H3,(H3,13,14)(H,15,16,17). The Hall–Kier alpha value is -1.41. The van der Waals surface area contributed by atoms with E-state index in [1.54, 1.807) is 19.1 Å². The quantitative estimate of drug-likeness (QED) is 0.595. The summed E-state index contributed by atoms with van der Waals surface area (Å²) >= 11 is 4.19. The predicted octanol–water partition coefficient (Wildman–Crippen LogP) is 2.45. The average molecular weight is 330 g/mol. The number of nitrogens with zero attached hydrogens (tertiary/aromatic N) is 2. The summed E-state index contributed by atoms with van der Waals surface area (Å²) in [5.41, 5.74) is 5.66. The molecule has 1 aromatic heterocycles. The van der Waals surface area contributed by atoms with Crippen molar-refractivity contribution in [2.75, 3.05) is 0 Å². The summed E-state index contributed by atoms with van der Waals surface area (Å²) < 4.78 is 14.2. The fourth-order valence-electron chi connectivity index (χ4n) is 1.28. The van der Waals surface area contributed by atoms with Gasteiger partial charge in [0.15, 0.2) is 5.82 Å². The highest BCUT2D eigenvalue weighted by atomic mass is 79.9. The van der Waals surface area contributed by atoms with Crippen molar-refractivity contribution in [3.8, 4) is 0 Å². The minimum Gasteiger partial charge on any atom is -0.384 e. The van der Waals surface area contributed by atoms with Gasteiger partial charge in [-0.25, -0.2) is 9.37 Å². The van der Waals surface area contributed by atoms with Gasteiger partial charge in [-0.1, -0.05) is 0 Å². The van der Waals surface area contributed by atoms with Crippen LogP contribution in [-0.4, -0.2) is 21.0 Å². The Morgan fingerprint density at radius 2 is 2.28 bits per heavy atom. The van der Waals surface area contributed by atoms with E-state index in [1.807, 2.05) is 0 Å². The summed E-state index contributed by atoms with van der Waals surface area (Å²) in [6, 6.07) is 3.13. The fourth-order valence-corrected chi connectivity index (χ4v) is 2.77. The smallest absolute Gasteiger partial charge is 0.213 e. The molecule has 1 aromatic carbocycles. The molecular formula is C10H9BrFN5S. The molecule has 4 N–H and O–H groups in total. The minimum absolute atomic E-state index is 0.173. The van der Waals surface area contributed by atoms with Crippen molar-refractivity contribution in [2.24, 2.45) is 5.73 Å². The number of hydrogen-bond donors (Lipinski definition) is 3. The van der Waals surface area contributed by atoms with E-state index in [2.05, 4.69) is 31.1 Å². The highest BCUT2D eigenvalue weighted by Gasteiger charge is 2.15. The number of benzene rings is 1. The van der Waals surface area contributed by atoms with Gasteiger partial charge in [0, 0.05) is 5.56 Å². The van der Waals surface area contributed by atoms with Crippen LogP contribution in [-0.2, 0) is 0 Å². The van der Waals surface area contributed by atoms with E-state index in [4.69, 9.17) is 11.1 Å². The molecule has 0 saturated carbocycles. The van der Waals surface area contributed by atoms with Crippen molar-refractivity contribution in [1.82, 2.24) is 15.2 Å². The number of aromatic amines is 1. The summed E-state index contributed by atoms with van der Waals surface area (Å²) in [6.07, 6.45) is 0. The van der Waals surface area contributed by atoms with Gasteiger partial charge in [0.05, 0.1) is 9.37 Å². The van der Waals surface area contributed by atoms with Crippen molar-refractivity contribution in [3.05, 3.63) is 33.8 Å². The van der Waals surface area contributed by atoms with Gasteiger partial charge in [-0.15, -0.1) is 5.10 Å². The second-order valence-electron chi connectivity index (χ2n) is 3.46. The third-order valence-electron chi connectivity index (χ3n) is 2.11. The first-order valence-corrected chi connectivity index (χ1v) is 6.49. The van der Waals surface area contributed by atoms with Crippen molar-refractivity contribution in [1.29, 1.82) is 5.41 Å². The van der Waals surface area contributed by atoms with E-state index in [-0.39, 0.29) is 10.3 Å². The first-order valence-electron chi connectivity index (χ1n) is 4.88. The SMILES string of the molecule is Cc1nc(Sc2ccc(C(=N)N)c(Br)c2F)n[nH]1. The van der Waals surface area contributed by atoms with Gasteiger partial charge in [0.1, 0.15) is 11.7 Å². The number of rotatable bonds is 3. The van der Waals surface area contributed by atoms with Crippen LogP contribution in [0.5, 0.6) is 0 Å². The molecule has 0 fully saturated rings. The van der Waals surface area contributed by atoms with Crippen LogP contribution in [0, 0.1) is 18.2 Å². The number of hydrogen-bond acceptors (Lipinski definition) is 4. The van der Waals surface area contributed by atoms with Gasteiger partial charge >= 0.3 is 0 Å². The Morgan fingerprint density at radius 3 is 2.83 bits per heavy atom. The molecule has 94 valence electrons. The highest BCUT2D eigenvalue weighted by Crippen LogP contribution is 2.32. The lowest BCUT2D eigenvalue weighted by Crippen LogP contribution is -2.12. The Balaban J connectivity index is 2.35. The molecule has 2 rings (SSSR count). The second kappa shape index (κ2) is 5.07. The van der Waals surface area contributed by atoms with Gasteiger partial charge in [-0.05, 0) is 46.7 Å². The van der Waals surface area contributed by atoms with Gasteiger partial charge in [-0.3, -0.25) is 10.5 Å². The Kier molecular flexibility index (Phi) is 3.67. The summed E-state index contributed by atoms with van der Waals surface area (Å²) in [7, 11) is 0. The predicted molar refractivity (Wildman–Crippen MR) is 70.4 cm³/mol. The molecule has 0 atom stereocenters. The molecule has 1 heterocycles. The third kappa shape index (κ3) is 2.54. The van der Waals surface area contributed by atoms with Gasteiger partial charge in [0.2, 0.25) is 5.16 Å². The number of aryl methyl sites for hydroxylation is 1. The van der Waals surface area contributed by atoms with Gasteiger partial charge in [0.25, 0.3) is 0 Å². The number of H-pyrrole nitrogens is 1. The van der Waals surface area contributed by atoms with Crippen LogP contribution in [0.4, 0.5) is 4.39 Å². The monoisotopic (exact) mass is 329 g/mol. The third-order valence-corrected chi connectivity index (χ3v) is 3.79. The number of halogens is 2. The molecular weight excluding hydrogens is 321 g/mol. The van der Waals surface area contributed by atoms with Crippen molar-refractivity contribution in [2.45, 2.75) is 17.0 Å². The zero-order valence-corrected chi connectivity index (χ0v) is 11.7. The lowest BCUT2D eigenvalue weighted by atomic mass is 10.2. The van der Waals surface area contributed by atoms with E-state index in [9.17, 15) is 4.39 Å². The van der Waals surface area contributed by atoms with Crippen molar-refractivity contribution >= 4 is 33.5 Å². The van der Waals surface area contributed by atoms with Crippen LogP contribution in [0.2, 0.25) is 0 Å². The zero-order valence-electron chi connectivity index (χ0n) is 9.29. The molecule has 0 aliphatic heterocycles. The summed E-state index contributed by atoms with van der Waals surface area (Å²) in [5, 5.41) is 14.4. The largest absolute Gasteiger partial charge is 0.384 e. The Labute approximate surface area is 115 Å². The van der Waals surface area contributed by atoms with Crippen LogP contribution in [0.1, 0.15) is 11.4 Å². The molecule has 0 aliphatic carbocycles. The molecule has 0 bridgehead atoms. The van der Waals surface area contributed by atoms with E-state index in [0.717, 1.165) is 11.8 Å². The molecule has 0 spiro atoms. The lowest BCUT2D eigenvalue weighted by molar-refractivity contribution is 0.594. The molecule has 8 heteroatoms. The fraction of sp³-hybridized carbons (Fsp3) is 0.100. The number of aromatic nitrogens is 3. The van der Waals surface area contributed by atoms with Crippen LogP contribution in [0.3, 0.4) is 0 Å². The van der Waals surface area contributed by atoms with Crippen molar-refractivity contribution in [3.63, 3.8) is 0 Å². The summed E-state index contributed by atoms with van der Waals surface area (Å²) in [5.74, 6) is -0.00135. The molecule has 18 heavy (non-hydrogen) atoms. The number of nitrogens with two attached hydrogens (primary N) is 1. The normalized spacial score (nSPS) is 10.6. The van der Waals surface area contributed by atoms with Gasteiger partial charge in [-0.2, -0.15) is 0 Å². The molecule has 0 unspecified atom stereocenters. The second-order valence-corrected chi connectivity index (χ2v) is 5.26. The molecule has 5 nitrogen and oxygen atoms in total. The number of nitrogen functional groups attached to an aromatic ring is 1. The molecule has 2 aromatic rings. The topological polar surface area (TPSA) is 91.4 Å². The number of nitrogens with one attached hydrogen (secondary N) is 2.